The molecule has 1 fully saturated rings. The first-order valence-electron chi connectivity index (χ1n) is 7.64. The molecule has 8 heteroatoms. The van der Waals surface area contributed by atoms with Crippen molar-refractivity contribution >= 4 is 40.9 Å². The van der Waals surface area contributed by atoms with E-state index < -0.39 is 11.8 Å². The van der Waals surface area contributed by atoms with Crippen LogP contribution in [0.5, 0.6) is 0 Å². The van der Waals surface area contributed by atoms with Crippen molar-refractivity contribution < 1.29 is 14.4 Å². The topological polar surface area (TPSA) is 69.7 Å². The van der Waals surface area contributed by atoms with E-state index in [9.17, 15) is 14.4 Å². The maximum atomic E-state index is 12.5. The number of carbonyl (C=O) groups excluding carboxylic acids is 3. The van der Waals surface area contributed by atoms with E-state index in [-0.39, 0.29) is 17.0 Å². The van der Waals surface area contributed by atoms with E-state index in [4.69, 9.17) is 23.2 Å². The maximum absolute atomic E-state index is 12.5. The van der Waals surface area contributed by atoms with Gasteiger partial charge in [-0.2, -0.15) is 0 Å². The summed E-state index contributed by atoms with van der Waals surface area (Å²) in [6.07, 6.45) is 0. The third-order valence-corrected chi connectivity index (χ3v) is 4.47. The van der Waals surface area contributed by atoms with E-state index in [2.05, 4.69) is 5.32 Å². The van der Waals surface area contributed by atoms with Crippen LogP contribution in [-0.2, 0) is 9.59 Å². The first kappa shape index (κ1) is 18.5. The number of rotatable bonds is 2. The van der Waals surface area contributed by atoms with Gasteiger partial charge in [0.1, 0.15) is 0 Å². The summed E-state index contributed by atoms with van der Waals surface area (Å²) >= 11 is 12.0. The summed E-state index contributed by atoms with van der Waals surface area (Å²) in [6.45, 7) is 4.85. The van der Waals surface area contributed by atoms with Gasteiger partial charge in [0.2, 0.25) is 0 Å². The Kier molecular flexibility index (Phi) is 6.07. The minimum absolute atomic E-state index is 0.103. The van der Waals surface area contributed by atoms with Crippen molar-refractivity contribution in [1.82, 2.24) is 15.1 Å². The third-order valence-electron chi connectivity index (χ3n) is 3.65. The molecule has 6 nitrogen and oxygen atoms in total. The molecule has 1 aliphatic heterocycles. The average Bonchev–Trinajstić information content (AvgIpc) is 2.55. The molecule has 1 aromatic carbocycles. The summed E-state index contributed by atoms with van der Waals surface area (Å²) < 4.78 is 0. The molecule has 1 aromatic rings. The predicted molar refractivity (Wildman–Crippen MR) is 92.2 cm³/mol. The van der Waals surface area contributed by atoms with Crippen LogP contribution in [0.25, 0.3) is 0 Å². The highest BCUT2D eigenvalue weighted by molar-refractivity contribution is 6.43. The lowest BCUT2D eigenvalue weighted by atomic mass is 10.1. The van der Waals surface area contributed by atoms with Crippen molar-refractivity contribution in [2.45, 2.75) is 19.9 Å². The maximum Gasteiger partial charge on any atom is 0.312 e. The molecule has 0 bridgehead atoms. The summed E-state index contributed by atoms with van der Waals surface area (Å²) in [5, 5.41) is 3.11. The number of hydrogen-bond donors (Lipinski definition) is 1. The van der Waals surface area contributed by atoms with Gasteiger partial charge in [0.05, 0.1) is 15.6 Å². The van der Waals surface area contributed by atoms with Crippen LogP contribution >= 0.6 is 23.2 Å². The zero-order chi connectivity index (χ0) is 17.9. The van der Waals surface area contributed by atoms with Gasteiger partial charge in [0.15, 0.2) is 0 Å². The van der Waals surface area contributed by atoms with E-state index in [1.165, 1.54) is 4.90 Å². The van der Waals surface area contributed by atoms with Crippen molar-refractivity contribution in [3.05, 3.63) is 33.8 Å². The van der Waals surface area contributed by atoms with E-state index in [0.717, 1.165) is 0 Å². The van der Waals surface area contributed by atoms with Gasteiger partial charge in [0, 0.05) is 32.2 Å². The standard InChI is InChI=1S/C16H19Cl2N3O3/c1-10(2)19-14(22)16(24)21-8-6-20(7-9-21)15(23)11-4-3-5-12(17)13(11)18/h3-5,10H,6-9H2,1-2H3,(H,19,22). The summed E-state index contributed by atoms with van der Waals surface area (Å²) in [5.74, 6) is -1.43. The van der Waals surface area contributed by atoms with Gasteiger partial charge >= 0.3 is 11.8 Å². The van der Waals surface area contributed by atoms with Gasteiger partial charge in [-0.15, -0.1) is 0 Å². The molecule has 0 atom stereocenters. The fourth-order valence-corrected chi connectivity index (χ4v) is 2.80. The van der Waals surface area contributed by atoms with E-state index >= 15 is 0 Å². The number of hydrogen-bond acceptors (Lipinski definition) is 3. The predicted octanol–water partition coefficient (Wildman–Crippen LogP) is 1.80. The zero-order valence-electron chi connectivity index (χ0n) is 13.5. The summed E-state index contributed by atoms with van der Waals surface area (Å²) in [5.41, 5.74) is 0.335. The zero-order valence-corrected chi connectivity index (χ0v) is 15.0. The molecule has 2 rings (SSSR count). The van der Waals surface area contributed by atoms with E-state index in [0.29, 0.717) is 36.8 Å². The highest BCUT2D eigenvalue weighted by Crippen LogP contribution is 2.26. The van der Waals surface area contributed by atoms with Gasteiger partial charge in [-0.3, -0.25) is 14.4 Å². The molecule has 1 saturated heterocycles. The fraction of sp³-hybridized carbons (Fsp3) is 0.438. The number of piperazine rings is 1. The molecule has 0 unspecified atom stereocenters. The lowest BCUT2D eigenvalue weighted by molar-refractivity contribution is -0.147. The molecule has 1 aliphatic rings. The second-order valence-corrected chi connectivity index (χ2v) is 6.60. The molecular formula is C16H19Cl2N3O3. The number of benzene rings is 1. The Morgan fingerprint density at radius 3 is 2.21 bits per heavy atom. The van der Waals surface area contributed by atoms with Gasteiger partial charge in [-0.1, -0.05) is 29.3 Å². The van der Waals surface area contributed by atoms with Gasteiger partial charge < -0.3 is 15.1 Å². The van der Waals surface area contributed by atoms with Crippen molar-refractivity contribution in [1.29, 1.82) is 0 Å². The quantitative estimate of drug-likeness (QED) is 0.805. The van der Waals surface area contributed by atoms with Gasteiger partial charge in [-0.05, 0) is 26.0 Å². The molecule has 1 heterocycles. The molecule has 130 valence electrons. The molecule has 0 saturated carbocycles. The van der Waals surface area contributed by atoms with Crippen LogP contribution in [0.4, 0.5) is 0 Å². The number of nitrogens with one attached hydrogen (secondary N) is 1. The van der Waals surface area contributed by atoms with E-state index in [1.807, 2.05) is 0 Å². The third kappa shape index (κ3) is 4.19. The largest absolute Gasteiger partial charge is 0.346 e. The lowest BCUT2D eigenvalue weighted by Crippen LogP contribution is -2.54. The highest BCUT2D eigenvalue weighted by Gasteiger charge is 2.29. The second-order valence-electron chi connectivity index (χ2n) is 5.81. The van der Waals surface area contributed by atoms with Crippen LogP contribution in [0.15, 0.2) is 18.2 Å². The number of nitrogens with zero attached hydrogens (tertiary/aromatic N) is 2. The Morgan fingerprint density at radius 1 is 1.04 bits per heavy atom. The van der Waals surface area contributed by atoms with Crippen LogP contribution < -0.4 is 5.32 Å². The molecule has 3 amide bonds. The minimum Gasteiger partial charge on any atom is -0.346 e. The smallest absolute Gasteiger partial charge is 0.312 e. The molecular weight excluding hydrogens is 353 g/mol. The average molecular weight is 372 g/mol. The molecule has 24 heavy (non-hydrogen) atoms. The fourth-order valence-electron chi connectivity index (χ4n) is 2.42. The van der Waals surface area contributed by atoms with Crippen LogP contribution in [0.3, 0.4) is 0 Å². The van der Waals surface area contributed by atoms with Gasteiger partial charge in [-0.25, -0.2) is 0 Å². The van der Waals surface area contributed by atoms with Crippen molar-refractivity contribution in [3.63, 3.8) is 0 Å². The minimum atomic E-state index is -0.623. The van der Waals surface area contributed by atoms with E-state index in [1.54, 1.807) is 36.9 Å². The number of halogens is 2. The molecule has 0 aromatic heterocycles. The van der Waals surface area contributed by atoms with Crippen molar-refractivity contribution in [2.75, 3.05) is 26.2 Å². The Balaban J connectivity index is 1.97. The summed E-state index contributed by atoms with van der Waals surface area (Å²) in [4.78, 5) is 39.4. The molecule has 0 aliphatic carbocycles. The van der Waals surface area contributed by atoms with Crippen molar-refractivity contribution in [2.24, 2.45) is 0 Å². The first-order chi connectivity index (χ1) is 11.3. The number of carbonyl (C=O) groups is 3. The summed E-state index contributed by atoms with van der Waals surface area (Å²) in [6, 6.07) is 4.79. The van der Waals surface area contributed by atoms with Crippen LogP contribution in [0.1, 0.15) is 24.2 Å². The Hall–Kier alpha value is -1.79. The molecule has 0 radical (unpaired) electrons. The highest BCUT2D eigenvalue weighted by atomic mass is 35.5. The molecule has 0 spiro atoms. The normalized spacial score (nSPS) is 14.7. The second kappa shape index (κ2) is 7.85. The van der Waals surface area contributed by atoms with Crippen molar-refractivity contribution in [3.8, 4) is 0 Å². The van der Waals surface area contributed by atoms with Gasteiger partial charge in [0.25, 0.3) is 5.91 Å². The van der Waals surface area contributed by atoms with Crippen LogP contribution in [0, 0.1) is 0 Å². The van der Waals surface area contributed by atoms with Crippen LogP contribution in [0.2, 0.25) is 10.0 Å². The summed E-state index contributed by atoms with van der Waals surface area (Å²) in [7, 11) is 0. The monoisotopic (exact) mass is 371 g/mol. The Labute approximate surface area is 150 Å². The SMILES string of the molecule is CC(C)NC(=O)C(=O)N1CCN(C(=O)c2cccc(Cl)c2Cl)CC1. The van der Waals surface area contributed by atoms with Crippen LogP contribution in [-0.4, -0.2) is 59.7 Å². The number of amides is 3. The lowest BCUT2D eigenvalue weighted by Gasteiger charge is -2.34. The Morgan fingerprint density at radius 2 is 1.62 bits per heavy atom. The first-order valence-corrected chi connectivity index (χ1v) is 8.40. The molecule has 1 N–H and O–H groups in total. The Bertz CT molecular complexity index is 656.